The van der Waals surface area contributed by atoms with Gasteiger partial charge >= 0.3 is 0 Å². The molecule has 2 N–H and O–H groups in total. The Morgan fingerprint density at radius 3 is 2.26 bits per heavy atom. The molecule has 4 aromatic carbocycles. The van der Waals surface area contributed by atoms with Gasteiger partial charge in [0, 0.05) is 59.5 Å². The molecule has 0 unspecified atom stereocenters. The second kappa shape index (κ2) is 14.5. The van der Waals surface area contributed by atoms with Gasteiger partial charge in [-0.1, -0.05) is 60.7 Å². The number of piperidine rings is 1. The topological polar surface area (TPSA) is 90.0 Å². The third kappa shape index (κ3) is 6.52. The highest BCUT2D eigenvalue weighted by Gasteiger charge is 2.39. The molecule has 9 heteroatoms. The number of anilines is 2. The molecule has 3 aliphatic heterocycles. The maximum Gasteiger partial charge on any atom is 0.162 e. The molecule has 0 bridgehead atoms. The molecule has 2 saturated heterocycles. The van der Waals surface area contributed by atoms with Gasteiger partial charge in [-0.15, -0.1) is 21.5 Å². The number of hydrogen-bond acceptors (Lipinski definition) is 8. The number of benzene rings is 4. The summed E-state index contributed by atoms with van der Waals surface area (Å²) in [5.41, 5.74) is 11.7. The zero-order valence-electron chi connectivity index (χ0n) is 33.9. The summed E-state index contributed by atoms with van der Waals surface area (Å²) in [6, 6.07) is 34.8. The van der Waals surface area contributed by atoms with Crippen molar-refractivity contribution in [1.29, 1.82) is 0 Å². The van der Waals surface area contributed by atoms with Gasteiger partial charge in [-0.2, -0.15) is 0 Å². The molecular formula is C49H52N6O2S. The average Bonchev–Trinajstić information content (AvgIpc) is 3.71. The molecule has 2 aromatic heterocycles. The molecule has 10 rings (SSSR count). The molecule has 5 heterocycles. The summed E-state index contributed by atoms with van der Waals surface area (Å²) in [7, 11) is 0. The fourth-order valence-corrected chi connectivity index (χ4v) is 11.5. The summed E-state index contributed by atoms with van der Waals surface area (Å²) in [6.45, 7) is 12.2. The fourth-order valence-electron chi connectivity index (χ4n) is 10.3. The Morgan fingerprint density at radius 2 is 1.52 bits per heavy atom. The molecule has 0 spiro atoms. The second-order valence-corrected chi connectivity index (χ2v) is 18.5. The highest BCUT2D eigenvalue weighted by atomic mass is 32.1. The van der Waals surface area contributed by atoms with Crippen LogP contribution in [-0.4, -0.2) is 62.5 Å². The van der Waals surface area contributed by atoms with Crippen LogP contribution in [0.3, 0.4) is 0 Å². The third-order valence-electron chi connectivity index (χ3n) is 13.6. The van der Waals surface area contributed by atoms with Gasteiger partial charge in [0.1, 0.15) is 22.6 Å². The monoisotopic (exact) mass is 788 g/mol. The Bertz CT molecular complexity index is 2490. The Kier molecular flexibility index (Phi) is 9.29. The van der Waals surface area contributed by atoms with E-state index >= 15 is 0 Å². The molecule has 0 saturated carbocycles. The number of phenols is 1. The molecule has 1 aliphatic carbocycles. The summed E-state index contributed by atoms with van der Waals surface area (Å²) in [6.07, 6.45) is 4.45. The highest BCUT2D eigenvalue weighted by molar-refractivity contribution is 7.15. The number of thiophene rings is 1. The summed E-state index contributed by atoms with van der Waals surface area (Å²) < 4.78 is 2.19. The molecule has 0 radical (unpaired) electrons. The minimum atomic E-state index is -0.623. The number of fused-ring (bicyclic) bond motifs is 4. The number of aromatic nitrogens is 3. The lowest BCUT2D eigenvalue weighted by Crippen LogP contribution is -2.52. The Hall–Kier alpha value is -5.25. The number of hydrogen-bond donors (Lipinski definition) is 2. The van der Waals surface area contributed by atoms with Crippen molar-refractivity contribution in [1.82, 2.24) is 14.8 Å². The van der Waals surface area contributed by atoms with E-state index in [0.29, 0.717) is 17.6 Å². The Morgan fingerprint density at radius 1 is 0.810 bits per heavy atom. The number of rotatable bonds is 7. The van der Waals surface area contributed by atoms with Crippen LogP contribution in [0.4, 0.5) is 11.4 Å². The van der Waals surface area contributed by atoms with Gasteiger partial charge in [-0.25, -0.2) is 0 Å². The van der Waals surface area contributed by atoms with E-state index in [1.807, 2.05) is 19.1 Å². The van der Waals surface area contributed by atoms with Crippen molar-refractivity contribution in [2.24, 2.45) is 10.9 Å². The predicted octanol–water partition coefficient (Wildman–Crippen LogP) is 9.59. The van der Waals surface area contributed by atoms with Crippen LogP contribution in [0.1, 0.15) is 106 Å². The highest BCUT2D eigenvalue weighted by Crippen LogP contribution is 2.47. The van der Waals surface area contributed by atoms with E-state index in [1.165, 1.54) is 49.6 Å². The lowest BCUT2D eigenvalue weighted by molar-refractivity contribution is -0.0101. The van der Waals surface area contributed by atoms with Crippen molar-refractivity contribution >= 4 is 28.4 Å². The van der Waals surface area contributed by atoms with E-state index in [1.54, 1.807) is 11.3 Å². The van der Waals surface area contributed by atoms with Crippen molar-refractivity contribution in [2.75, 3.05) is 36.0 Å². The molecule has 3 atom stereocenters. The lowest BCUT2D eigenvalue weighted by atomic mass is 9.69. The van der Waals surface area contributed by atoms with Crippen LogP contribution >= 0.6 is 11.3 Å². The smallest absolute Gasteiger partial charge is 0.162 e. The Balaban J connectivity index is 0.771. The summed E-state index contributed by atoms with van der Waals surface area (Å²) >= 11 is 1.79. The van der Waals surface area contributed by atoms with E-state index < -0.39 is 5.60 Å². The van der Waals surface area contributed by atoms with Crippen LogP contribution in [0.25, 0.3) is 5.00 Å². The minimum absolute atomic E-state index is 0.0969. The van der Waals surface area contributed by atoms with Crippen molar-refractivity contribution < 1.29 is 10.2 Å². The van der Waals surface area contributed by atoms with E-state index in [0.717, 1.165) is 86.2 Å². The number of phenolic OH excluding ortho intramolecular Hbond substituents is 1. The van der Waals surface area contributed by atoms with Crippen LogP contribution in [0.5, 0.6) is 5.75 Å². The maximum atomic E-state index is 11.8. The minimum Gasteiger partial charge on any atom is -0.508 e. The molecule has 2 fully saturated rings. The van der Waals surface area contributed by atoms with E-state index in [-0.39, 0.29) is 12.0 Å². The quantitative estimate of drug-likeness (QED) is 0.168. The van der Waals surface area contributed by atoms with Gasteiger partial charge in [-0.05, 0) is 136 Å². The van der Waals surface area contributed by atoms with Crippen LogP contribution in [0.15, 0.2) is 102 Å². The number of nitrogens with zero attached hydrogens (tertiary/aromatic N) is 6. The van der Waals surface area contributed by atoms with Gasteiger partial charge in [0.25, 0.3) is 0 Å². The van der Waals surface area contributed by atoms with Crippen molar-refractivity contribution in [2.45, 2.75) is 83.3 Å². The summed E-state index contributed by atoms with van der Waals surface area (Å²) in [5.74, 6) is 3.24. The number of aliphatic hydroxyl groups is 1. The molecule has 8 nitrogen and oxygen atoms in total. The third-order valence-corrected chi connectivity index (χ3v) is 14.8. The number of aryl methyl sites for hydroxylation is 3. The van der Waals surface area contributed by atoms with Crippen LogP contribution in [0.2, 0.25) is 0 Å². The molecular weight excluding hydrogens is 737 g/mol. The first-order chi connectivity index (χ1) is 28.1. The SMILES string of the molecule is Cc1sc2c(c1C)C(c1ccc(N3CC(CC4(O)CCN(c5ccc([C@@H]6c7ccc(O)cc7CC[C@@H]6c6ccccc6)cc5)CC4)C3)cc1)=N[C@@H](C)c1nnc(C)n1-2. The van der Waals surface area contributed by atoms with Gasteiger partial charge in [0.05, 0.1) is 11.3 Å². The molecule has 58 heavy (non-hydrogen) atoms. The maximum absolute atomic E-state index is 11.8. The largest absolute Gasteiger partial charge is 0.508 e. The first-order valence-electron chi connectivity index (χ1n) is 21.0. The predicted molar refractivity (Wildman–Crippen MR) is 235 cm³/mol. The van der Waals surface area contributed by atoms with Crippen LogP contribution in [-0.2, 0) is 6.42 Å². The van der Waals surface area contributed by atoms with Crippen LogP contribution in [0, 0.1) is 26.7 Å². The van der Waals surface area contributed by atoms with Gasteiger partial charge in [-0.3, -0.25) is 9.56 Å². The zero-order valence-corrected chi connectivity index (χ0v) is 34.7. The van der Waals surface area contributed by atoms with Crippen molar-refractivity contribution in [3.8, 4) is 10.8 Å². The van der Waals surface area contributed by atoms with Crippen molar-refractivity contribution in [3.63, 3.8) is 0 Å². The zero-order chi connectivity index (χ0) is 39.7. The molecule has 0 amide bonds. The average molecular weight is 789 g/mol. The summed E-state index contributed by atoms with van der Waals surface area (Å²) in [4.78, 5) is 11.4. The van der Waals surface area contributed by atoms with E-state index in [9.17, 15) is 10.2 Å². The second-order valence-electron chi connectivity index (χ2n) is 17.3. The van der Waals surface area contributed by atoms with Gasteiger partial charge in [0.15, 0.2) is 5.82 Å². The van der Waals surface area contributed by atoms with E-state index in [2.05, 4.69) is 130 Å². The normalized spacial score (nSPS) is 21.4. The first-order valence-corrected chi connectivity index (χ1v) is 21.8. The summed E-state index contributed by atoms with van der Waals surface area (Å²) in [5, 5.41) is 32.1. The number of aromatic hydroxyl groups is 1. The lowest BCUT2D eigenvalue weighted by Gasteiger charge is -2.47. The Labute approximate surface area is 345 Å². The standard InChI is InChI=1S/C49H52N6O2S/c1-30-32(3)58-48-44(30)46(50-31(2)47-52-51-33(4)55(47)48)37-12-17-40(18-13-37)54-28-34(29-54)27-49(57)22-24-53(25-23-49)39-15-10-36(11-16-39)45-42(35-8-6-5-7-9-35)20-14-38-26-41(56)19-21-43(38)45/h5-13,15-19,21,26,31,34,42,45,56-57H,14,20,22-25,27-29H2,1-4H3/t31-,42+,45-/m0/s1. The molecule has 296 valence electrons. The van der Waals surface area contributed by atoms with Gasteiger partial charge < -0.3 is 20.0 Å². The van der Waals surface area contributed by atoms with Crippen molar-refractivity contribution in [3.05, 3.63) is 153 Å². The molecule has 6 aromatic rings. The van der Waals surface area contributed by atoms with Crippen LogP contribution < -0.4 is 9.80 Å². The first kappa shape index (κ1) is 37.0. The molecule has 4 aliphatic rings. The number of aliphatic imine (C=N–C) groups is 1. The van der Waals surface area contributed by atoms with E-state index in [4.69, 9.17) is 4.99 Å². The fraction of sp³-hybridized carbons (Fsp3) is 0.367. The van der Waals surface area contributed by atoms with Gasteiger partial charge in [0.2, 0.25) is 0 Å².